The minimum absolute atomic E-state index is 0.150. The SMILES string of the molecule is COCc1cc(CNc2nc3c(c(=O)[nH]2)Cc2ccccc2OC3)[nH]n1. The third-order valence-corrected chi connectivity index (χ3v) is 4.23. The van der Waals surface area contributed by atoms with Gasteiger partial charge in [0.2, 0.25) is 5.95 Å². The largest absolute Gasteiger partial charge is 0.487 e. The molecule has 0 radical (unpaired) electrons. The fraction of sp³-hybridized carbons (Fsp3) is 0.278. The van der Waals surface area contributed by atoms with Crippen molar-refractivity contribution in [1.82, 2.24) is 20.2 Å². The van der Waals surface area contributed by atoms with Crippen LogP contribution in [0.1, 0.15) is 28.2 Å². The van der Waals surface area contributed by atoms with Crippen molar-refractivity contribution in [1.29, 1.82) is 0 Å². The van der Waals surface area contributed by atoms with Gasteiger partial charge < -0.3 is 14.8 Å². The van der Waals surface area contributed by atoms with Crippen LogP contribution in [0.5, 0.6) is 5.75 Å². The summed E-state index contributed by atoms with van der Waals surface area (Å²) in [5.74, 6) is 1.20. The standard InChI is InChI=1S/C18H19N5O3/c1-25-9-13-7-12(22-23-13)8-19-18-20-15-10-26-16-5-3-2-4-11(16)6-14(15)17(24)21-18/h2-5,7H,6,8-10H2,1H3,(H,22,23)(H2,19,20,21,24). The molecule has 3 aromatic rings. The molecule has 1 aromatic carbocycles. The minimum Gasteiger partial charge on any atom is -0.487 e. The first-order valence-electron chi connectivity index (χ1n) is 8.31. The number of hydrogen-bond donors (Lipinski definition) is 3. The third-order valence-electron chi connectivity index (χ3n) is 4.23. The maximum Gasteiger partial charge on any atom is 0.256 e. The number of hydrogen-bond acceptors (Lipinski definition) is 6. The number of rotatable bonds is 5. The van der Waals surface area contributed by atoms with Gasteiger partial charge in [-0.1, -0.05) is 18.2 Å². The number of H-pyrrole nitrogens is 2. The van der Waals surface area contributed by atoms with E-state index in [0.29, 0.717) is 36.8 Å². The number of fused-ring (bicyclic) bond motifs is 2. The highest BCUT2D eigenvalue weighted by molar-refractivity contribution is 5.41. The van der Waals surface area contributed by atoms with E-state index in [2.05, 4.69) is 25.5 Å². The molecule has 134 valence electrons. The number of methoxy groups -OCH3 is 1. The maximum atomic E-state index is 12.5. The number of para-hydroxylation sites is 1. The van der Waals surface area contributed by atoms with Crippen LogP contribution in [0, 0.1) is 0 Å². The zero-order valence-electron chi connectivity index (χ0n) is 14.3. The number of benzene rings is 1. The number of ether oxygens (including phenoxy) is 2. The molecule has 0 fully saturated rings. The molecular formula is C18H19N5O3. The molecule has 3 heterocycles. The molecule has 0 atom stereocenters. The summed E-state index contributed by atoms with van der Waals surface area (Å²) in [4.78, 5) is 19.8. The molecule has 0 unspecified atom stereocenters. The van der Waals surface area contributed by atoms with E-state index in [-0.39, 0.29) is 12.2 Å². The van der Waals surface area contributed by atoms with Crippen LogP contribution < -0.4 is 15.6 Å². The number of aromatic amines is 2. The van der Waals surface area contributed by atoms with Crippen molar-refractivity contribution in [2.75, 3.05) is 12.4 Å². The predicted molar refractivity (Wildman–Crippen MR) is 95.1 cm³/mol. The van der Waals surface area contributed by atoms with Gasteiger partial charge in [-0.15, -0.1) is 0 Å². The van der Waals surface area contributed by atoms with E-state index in [1.807, 2.05) is 30.3 Å². The van der Waals surface area contributed by atoms with Crippen LogP contribution in [-0.4, -0.2) is 27.3 Å². The van der Waals surface area contributed by atoms with Crippen LogP contribution in [0.25, 0.3) is 0 Å². The van der Waals surface area contributed by atoms with Gasteiger partial charge >= 0.3 is 0 Å². The summed E-state index contributed by atoms with van der Waals surface area (Å²) < 4.78 is 10.8. The van der Waals surface area contributed by atoms with Gasteiger partial charge in [0.15, 0.2) is 0 Å². The highest BCUT2D eigenvalue weighted by atomic mass is 16.5. The lowest BCUT2D eigenvalue weighted by atomic mass is 10.1. The average Bonchev–Trinajstić information content (AvgIpc) is 3.00. The first kappa shape index (κ1) is 16.3. The van der Waals surface area contributed by atoms with Crippen molar-refractivity contribution in [2.24, 2.45) is 0 Å². The van der Waals surface area contributed by atoms with Crippen molar-refractivity contribution >= 4 is 5.95 Å². The van der Waals surface area contributed by atoms with Crippen molar-refractivity contribution in [3.05, 3.63) is 68.9 Å². The van der Waals surface area contributed by atoms with Gasteiger partial charge in [0.1, 0.15) is 12.4 Å². The van der Waals surface area contributed by atoms with Crippen molar-refractivity contribution in [3.63, 3.8) is 0 Å². The van der Waals surface area contributed by atoms with Gasteiger partial charge in [-0.05, 0) is 17.7 Å². The Kier molecular flexibility index (Phi) is 4.40. The molecule has 2 aromatic heterocycles. The smallest absolute Gasteiger partial charge is 0.256 e. The number of nitrogens with zero attached hydrogens (tertiary/aromatic N) is 2. The lowest BCUT2D eigenvalue weighted by molar-refractivity contribution is 0.181. The van der Waals surface area contributed by atoms with Gasteiger partial charge in [-0.25, -0.2) is 4.98 Å². The average molecular weight is 353 g/mol. The van der Waals surface area contributed by atoms with Crippen LogP contribution >= 0.6 is 0 Å². The summed E-state index contributed by atoms with van der Waals surface area (Å²) in [6.45, 7) is 1.18. The van der Waals surface area contributed by atoms with E-state index in [4.69, 9.17) is 9.47 Å². The second-order valence-corrected chi connectivity index (χ2v) is 6.08. The van der Waals surface area contributed by atoms with Gasteiger partial charge in [0.05, 0.1) is 30.2 Å². The molecule has 0 saturated carbocycles. The Hall–Kier alpha value is -3.13. The van der Waals surface area contributed by atoms with Crippen molar-refractivity contribution in [3.8, 4) is 5.75 Å². The molecule has 0 aliphatic carbocycles. The normalized spacial score (nSPS) is 12.7. The number of anilines is 1. The molecular weight excluding hydrogens is 334 g/mol. The van der Waals surface area contributed by atoms with Crippen molar-refractivity contribution < 1.29 is 9.47 Å². The summed E-state index contributed by atoms with van der Waals surface area (Å²) >= 11 is 0. The summed E-state index contributed by atoms with van der Waals surface area (Å²) in [5.41, 5.74) is 3.82. The second kappa shape index (κ2) is 7.01. The van der Waals surface area contributed by atoms with Gasteiger partial charge in [-0.3, -0.25) is 14.9 Å². The van der Waals surface area contributed by atoms with E-state index >= 15 is 0 Å². The molecule has 0 saturated heterocycles. The molecule has 8 nitrogen and oxygen atoms in total. The Labute approximate surface area is 149 Å². The molecule has 4 rings (SSSR count). The summed E-state index contributed by atoms with van der Waals surface area (Å²) in [7, 11) is 1.62. The van der Waals surface area contributed by atoms with Gasteiger partial charge in [0, 0.05) is 19.1 Å². The number of aromatic nitrogens is 4. The van der Waals surface area contributed by atoms with Crippen LogP contribution in [0.2, 0.25) is 0 Å². The Morgan fingerprint density at radius 1 is 1.35 bits per heavy atom. The molecule has 26 heavy (non-hydrogen) atoms. The third kappa shape index (κ3) is 3.31. The summed E-state index contributed by atoms with van der Waals surface area (Å²) in [6, 6.07) is 9.63. The van der Waals surface area contributed by atoms with Crippen LogP contribution in [0.3, 0.4) is 0 Å². The van der Waals surface area contributed by atoms with Crippen LogP contribution in [0.15, 0.2) is 35.1 Å². The molecule has 1 aliphatic rings. The molecule has 8 heteroatoms. The summed E-state index contributed by atoms with van der Waals surface area (Å²) in [5, 5.41) is 10.2. The first-order valence-corrected chi connectivity index (χ1v) is 8.31. The van der Waals surface area contributed by atoms with Crippen LogP contribution in [-0.2, 0) is 30.9 Å². The van der Waals surface area contributed by atoms with Crippen molar-refractivity contribution in [2.45, 2.75) is 26.2 Å². The quantitative estimate of drug-likeness (QED) is 0.645. The molecule has 3 N–H and O–H groups in total. The minimum atomic E-state index is -0.150. The second-order valence-electron chi connectivity index (χ2n) is 6.08. The van der Waals surface area contributed by atoms with Crippen LogP contribution in [0.4, 0.5) is 5.95 Å². The Morgan fingerprint density at radius 3 is 3.12 bits per heavy atom. The highest BCUT2D eigenvalue weighted by Gasteiger charge is 2.19. The highest BCUT2D eigenvalue weighted by Crippen LogP contribution is 2.26. The maximum absolute atomic E-state index is 12.5. The Balaban J connectivity index is 1.53. The van der Waals surface area contributed by atoms with E-state index in [9.17, 15) is 4.79 Å². The van der Waals surface area contributed by atoms with Gasteiger partial charge in [-0.2, -0.15) is 5.10 Å². The fourth-order valence-corrected chi connectivity index (χ4v) is 2.96. The Bertz CT molecular complexity index is 979. The zero-order valence-corrected chi connectivity index (χ0v) is 14.3. The molecule has 0 bridgehead atoms. The molecule has 0 spiro atoms. The predicted octanol–water partition coefficient (Wildman–Crippen LogP) is 1.73. The summed E-state index contributed by atoms with van der Waals surface area (Å²) in [6.07, 6.45) is 0.509. The van der Waals surface area contributed by atoms with E-state index in [1.54, 1.807) is 7.11 Å². The van der Waals surface area contributed by atoms with E-state index in [0.717, 1.165) is 22.7 Å². The fourth-order valence-electron chi connectivity index (χ4n) is 2.96. The van der Waals surface area contributed by atoms with E-state index < -0.39 is 0 Å². The Morgan fingerprint density at radius 2 is 2.23 bits per heavy atom. The lowest BCUT2D eigenvalue weighted by Crippen LogP contribution is -2.20. The monoisotopic (exact) mass is 353 g/mol. The molecule has 1 aliphatic heterocycles. The lowest BCUT2D eigenvalue weighted by Gasteiger charge is -2.08. The van der Waals surface area contributed by atoms with E-state index in [1.165, 1.54) is 0 Å². The zero-order chi connectivity index (χ0) is 17.9. The van der Waals surface area contributed by atoms with Gasteiger partial charge in [0.25, 0.3) is 5.56 Å². The molecule has 0 amide bonds. The number of nitrogens with one attached hydrogen (secondary N) is 3. The first-order chi connectivity index (χ1) is 12.7. The topological polar surface area (TPSA) is 105 Å².